The van der Waals surface area contributed by atoms with E-state index in [4.69, 9.17) is 4.74 Å². The largest absolute Gasteiger partial charge is 0.383 e. The van der Waals surface area contributed by atoms with Gasteiger partial charge in [-0.1, -0.05) is 12.1 Å². The van der Waals surface area contributed by atoms with Gasteiger partial charge in [-0.25, -0.2) is 0 Å². The Bertz CT molecular complexity index is 316. The van der Waals surface area contributed by atoms with Gasteiger partial charge in [-0.15, -0.1) is 11.8 Å². The van der Waals surface area contributed by atoms with Crippen molar-refractivity contribution in [2.45, 2.75) is 11.4 Å². The smallest absolute Gasteiger partial charge is 0.0589 e. The molecule has 0 aliphatic rings. The van der Waals surface area contributed by atoms with Crippen LogP contribution in [0.15, 0.2) is 29.2 Å². The third-order valence-corrected chi connectivity index (χ3v) is 3.58. The average molecular weight is 268 g/mol. The maximum absolute atomic E-state index is 5.05. The van der Waals surface area contributed by atoms with Gasteiger partial charge >= 0.3 is 0 Å². The maximum atomic E-state index is 5.05. The third kappa shape index (κ3) is 6.40. The van der Waals surface area contributed by atoms with Crippen molar-refractivity contribution in [2.75, 3.05) is 46.7 Å². The van der Waals surface area contributed by atoms with E-state index in [1.807, 2.05) is 0 Å². The molecular formula is C14H24N2OS. The van der Waals surface area contributed by atoms with E-state index in [9.17, 15) is 0 Å². The molecule has 0 radical (unpaired) electrons. The molecule has 0 amide bonds. The summed E-state index contributed by atoms with van der Waals surface area (Å²) >= 11 is 1.78. The lowest BCUT2D eigenvalue weighted by atomic mass is 10.2. The Morgan fingerprint density at radius 1 is 1.22 bits per heavy atom. The molecule has 0 aliphatic heterocycles. The summed E-state index contributed by atoms with van der Waals surface area (Å²) in [7, 11) is 3.86. The molecule has 0 saturated heterocycles. The van der Waals surface area contributed by atoms with Gasteiger partial charge in [-0.05, 0) is 31.0 Å². The van der Waals surface area contributed by atoms with Gasteiger partial charge in [0.15, 0.2) is 0 Å². The SMILES string of the molecule is COCCN(C)CCNCc1ccc(SC)cc1. The summed E-state index contributed by atoms with van der Waals surface area (Å²) in [5.74, 6) is 0. The van der Waals surface area contributed by atoms with Crippen LogP contribution in [0.3, 0.4) is 0 Å². The maximum Gasteiger partial charge on any atom is 0.0589 e. The van der Waals surface area contributed by atoms with Crippen molar-refractivity contribution in [1.29, 1.82) is 0 Å². The quantitative estimate of drug-likeness (QED) is 0.547. The van der Waals surface area contributed by atoms with Gasteiger partial charge in [0.1, 0.15) is 0 Å². The monoisotopic (exact) mass is 268 g/mol. The standard InChI is InChI=1S/C14H24N2OS/c1-16(10-11-17-2)9-8-15-12-13-4-6-14(18-3)7-5-13/h4-7,15H,8-12H2,1-3H3. The molecule has 102 valence electrons. The van der Waals surface area contributed by atoms with Gasteiger partial charge in [-0.2, -0.15) is 0 Å². The first kappa shape index (κ1) is 15.5. The summed E-state index contributed by atoms with van der Waals surface area (Å²) in [6.07, 6.45) is 2.10. The first-order chi connectivity index (χ1) is 8.76. The third-order valence-electron chi connectivity index (χ3n) is 2.84. The fourth-order valence-corrected chi connectivity index (χ4v) is 2.01. The Kier molecular flexibility index (Phi) is 8.09. The molecule has 3 nitrogen and oxygen atoms in total. The van der Waals surface area contributed by atoms with Crippen LogP contribution in [0, 0.1) is 0 Å². The minimum atomic E-state index is 0.798. The van der Waals surface area contributed by atoms with Crippen LogP contribution >= 0.6 is 11.8 Å². The van der Waals surface area contributed by atoms with Crippen LogP contribution in [-0.2, 0) is 11.3 Å². The molecule has 0 aromatic heterocycles. The van der Waals surface area contributed by atoms with E-state index in [-0.39, 0.29) is 0 Å². The van der Waals surface area contributed by atoms with Gasteiger partial charge < -0.3 is 15.0 Å². The van der Waals surface area contributed by atoms with E-state index in [2.05, 4.69) is 47.8 Å². The van der Waals surface area contributed by atoms with E-state index in [0.717, 1.165) is 32.8 Å². The Balaban J connectivity index is 2.13. The Morgan fingerprint density at radius 2 is 1.94 bits per heavy atom. The molecule has 0 saturated carbocycles. The van der Waals surface area contributed by atoms with Crippen molar-refractivity contribution in [3.8, 4) is 0 Å². The molecule has 1 aromatic carbocycles. The zero-order valence-corrected chi connectivity index (χ0v) is 12.4. The molecule has 1 N–H and O–H groups in total. The lowest BCUT2D eigenvalue weighted by Gasteiger charge is -2.16. The highest BCUT2D eigenvalue weighted by Gasteiger charge is 1.97. The highest BCUT2D eigenvalue weighted by atomic mass is 32.2. The second kappa shape index (κ2) is 9.39. The Morgan fingerprint density at radius 3 is 2.56 bits per heavy atom. The molecule has 1 rings (SSSR count). The van der Waals surface area contributed by atoms with Crippen LogP contribution in [0.5, 0.6) is 0 Å². The van der Waals surface area contributed by atoms with Crippen molar-refractivity contribution in [3.05, 3.63) is 29.8 Å². The molecule has 1 aromatic rings. The number of thioether (sulfide) groups is 1. The van der Waals surface area contributed by atoms with E-state index in [1.165, 1.54) is 10.5 Å². The number of hydrogen-bond donors (Lipinski definition) is 1. The van der Waals surface area contributed by atoms with Crippen molar-refractivity contribution >= 4 is 11.8 Å². The molecule has 4 heteroatoms. The minimum absolute atomic E-state index is 0.798. The summed E-state index contributed by atoms with van der Waals surface area (Å²) in [5.41, 5.74) is 1.34. The number of nitrogens with one attached hydrogen (secondary N) is 1. The summed E-state index contributed by atoms with van der Waals surface area (Å²) in [5, 5.41) is 3.46. The molecular weight excluding hydrogens is 244 g/mol. The summed E-state index contributed by atoms with van der Waals surface area (Å²) < 4.78 is 5.05. The van der Waals surface area contributed by atoms with E-state index < -0.39 is 0 Å². The van der Waals surface area contributed by atoms with Gasteiger partial charge in [-0.3, -0.25) is 0 Å². The molecule has 0 spiro atoms. The predicted octanol–water partition coefficient (Wildman–Crippen LogP) is 2.08. The minimum Gasteiger partial charge on any atom is -0.383 e. The summed E-state index contributed by atoms with van der Waals surface area (Å²) in [6.45, 7) is 4.77. The topological polar surface area (TPSA) is 24.5 Å². The number of likely N-dealkylation sites (N-methyl/N-ethyl adjacent to an activating group) is 1. The van der Waals surface area contributed by atoms with Crippen LogP contribution in [0.25, 0.3) is 0 Å². The molecule has 0 unspecified atom stereocenters. The highest BCUT2D eigenvalue weighted by molar-refractivity contribution is 7.98. The lowest BCUT2D eigenvalue weighted by molar-refractivity contribution is 0.161. The van der Waals surface area contributed by atoms with Crippen LogP contribution in [0.4, 0.5) is 0 Å². The Hall–Kier alpha value is -0.550. The number of nitrogens with zero attached hydrogens (tertiary/aromatic N) is 1. The zero-order chi connectivity index (χ0) is 13.2. The number of rotatable bonds is 9. The van der Waals surface area contributed by atoms with Gasteiger partial charge in [0, 0.05) is 38.2 Å². The summed E-state index contributed by atoms with van der Waals surface area (Å²) in [6, 6.07) is 8.72. The first-order valence-electron chi connectivity index (χ1n) is 6.27. The highest BCUT2D eigenvalue weighted by Crippen LogP contribution is 2.14. The van der Waals surface area contributed by atoms with Gasteiger partial charge in [0.2, 0.25) is 0 Å². The lowest BCUT2D eigenvalue weighted by Crippen LogP contribution is -2.31. The second-order valence-corrected chi connectivity index (χ2v) is 5.20. The molecule has 0 heterocycles. The van der Waals surface area contributed by atoms with E-state index >= 15 is 0 Å². The van der Waals surface area contributed by atoms with Crippen molar-refractivity contribution in [2.24, 2.45) is 0 Å². The fourth-order valence-electron chi connectivity index (χ4n) is 1.60. The van der Waals surface area contributed by atoms with E-state index in [0.29, 0.717) is 0 Å². The normalized spacial score (nSPS) is 11.1. The van der Waals surface area contributed by atoms with Gasteiger partial charge in [0.05, 0.1) is 6.61 Å². The van der Waals surface area contributed by atoms with Crippen LogP contribution in [0.1, 0.15) is 5.56 Å². The van der Waals surface area contributed by atoms with Crippen LogP contribution < -0.4 is 5.32 Å². The number of ether oxygens (including phenoxy) is 1. The van der Waals surface area contributed by atoms with Crippen LogP contribution in [-0.4, -0.2) is 51.6 Å². The second-order valence-electron chi connectivity index (χ2n) is 4.32. The number of methoxy groups -OCH3 is 1. The van der Waals surface area contributed by atoms with Gasteiger partial charge in [0.25, 0.3) is 0 Å². The van der Waals surface area contributed by atoms with Crippen molar-refractivity contribution in [3.63, 3.8) is 0 Å². The number of benzene rings is 1. The molecule has 0 aliphatic carbocycles. The van der Waals surface area contributed by atoms with Crippen molar-refractivity contribution in [1.82, 2.24) is 10.2 Å². The average Bonchev–Trinajstić information content (AvgIpc) is 2.42. The molecule has 0 atom stereocenters. The van der Waals surface area contributed by atoms with Crippen molar-refractivity contribution < 1.29 is 4.74 Å². The first-order valence-corrected chi connectivity index (χ1v) is 7.50. The van der Waals surface area contributed by atoms with E-state index in [1.54, 1.807) is 18.9 Å². The molecule has 18 heavy (non-hydrogen) atoms. The molecule has 0 bridgehead atoms. The summed E-state index contributed by atoms with van der Waals surface area (Å²) in [4.78, 5) is 3.59. The number of hydrogen-bond acceptors (Lipinski definition) is 4. The van der Waals surface area contributed by atoms with Crippen LogP contribution in [0.2, 0.25) is 0 Å². The molecule has 0 fully saturated rings. The fraction of sp³-hybridized carbons (Fsp3) is 0.571. The zero-order valence-electron chi connectivity index (χ0n) is 11.6. The Labute approximate surface area is 115 Å². The predicted molar refractivity (Wildman–Crippen MR) is 79.3 cm³/mol.